The fraction of sp³-hybridized carbons (Fsp3) is 0.0556. The Morgan fingerprint density at radius 3 is 2.52 bits per heavy atom. The number of hydrogen-bond acceptors (Lipinski definition) is 5. The average Bonchev–Trinajstić information content (AvgIpc) is 3.05. The number of furan rings is 1. The predicted octanol–water partition coefficient (Wildman–Crippen LogP) is 5.55. The highest BCUT2D eigenvalue weighted by Crippen LogP contribution is 2.34. The third kappa shape index (κ3) is 5.58. The van der Waals surface area contributed by atoms with Gasteiger partial charge in [-0.15, -0.1) is 0 Å². The predicted molar refractivity (Wildman–Crippen MR) is 127 cm³/mol. The molecule has 7 nitrogen and oxygen atoms in total. The maximum atomic E-state index is 12.3. The number of fused-ring (bicyclic) bond motifs is 1. The zero-order chi connectivity index (χ0) is 21.1. The van der Waals surface area contributed by atoms with E-state index in [4.69, 9.17) is 14.3 Å². The molecule has 1 heterocycles. The number of carboxylic acids is 1. The highest BCUT2D eigenvalue weighted by molar-refractivity contribution is 14.1. The van der Waals surface area contributed by atoms with Crippen LogP contribution >= 0.6 is 70.4 Å². The minimum absolute atomic E-state index is 0.146. The van der Waals surface area contributed by atoms with E-state index in [9.17, 15) is 9.59 Å². The van der Waals surface area contributed by atoms with Crippen molar-refractivity contribution < 1.29 is 23.8 Å². The van der Waals surface area contributed by atoms with Crippen molar-refractivity contribution in [1.82, 2.24) is 5.43 Å². The Morgan fingerprint density at radius 2 is 1.86 bits per heavy atom. The highest BCUT2D eigenvalue weighted by Gasteiger charge is 2.14. The van der Waals surface area contributed by atoms with E-state index in [1.807, 2.05) is 12.1 Å². The molecule has 0 spiro atoms. The molecule has 0 radical (unpaired) electrons. The van der Waals surface area contributed by atoms with Crippen LogP contribution in [0.3, 0.4) is 0 Å². The van der Waals surface area contributed by atoms with Crippen LogP contribution in [-0.2, 0) is 4.79 Å². The van der Waals surface area contributed by atoms with Gasteiger partial charge in [-0.05, 0) is 90.3 Å². The summed E-state index contributed by atoms with van der Waals surface area (Å²) in [5.41, 5.74) is 3.70. The lowest BCUT2D eigenvalue weighted by Gasteiger charge is -2.09. The second kappa shape index (κ2) is 9.58. The molecule has 0 atom stereocenters. The Kier molecular flexibility index (Phi) is 7.35. The summed E-state index contributed by atoms with van der Waals surface area (Å²) in [5.74, 6) is -1.06. The first kappa shape index (κ1) is 22.2. The van der Waals surface area contributed by atoms with Gasteiger partial charge in [-0.3, -0.25) is 4.79 Å². The summed E-state index contributed by atoms with van der Waals surface area (Å²) in [6, 6.07) is 8.77. The lowest BCUT2D eigenvalue weighted by Crippen LogP contribution is -2.16. The van der Waals surface area contributed by atoms with E-state index >= 15 is 0 Å². The number of hydrazone groups is 1. The first-order chi connectivity index (χ1) is 13.7. The standard InChI is InChI=1S/C18H10Br3IN2O5/c19-10-3-9-4-14(29-16(9)13(22)5-10)18(27)24-23-6-8-1-11(20)17(12(21)2-8)28-7-15(25)26/h1-6H,7H2,(H,24,27)(H,25,26)/b23-6-. The number of nitrogens with zero attached hydrogens (tertiary/aromatic N) is 1. The zero-order valence-corrected chi connectivity index (χ0v) is 21.1. The summed E-state index contributed by atoms with van der Waals surface area (Å²) in [7, 11) is 0. The number of nitrogens with one attached hydrogen (secondary N) is 1. The minimum Gasteiger partial charge on any atom is -0.480 e. The van der Waals surface area contributed by atoms with E-state index in [0.29, 0.717) is 25.8 Å². The lowest BCUT2D eigenvalue weighted by molar-refractivity contribution is -0.139. The van der Waals surface area contributed by atoms with Gasteiger partial charge in [0.05, 0.1) is 18.7 Å². The van der Waals surface area contributed by atoms with Crippen LogP contribution in [0.1, 0.15) is 16.1 Å². The third-order valence-electron chi connectivity index (χ3n) is 3.50. The van der Waals surface area contributed by atoms with E-state index < -0.39 is 18.5 Å². The monoisotopic (exact) mass is 698 g/mol. The fourth-order valence-electron chi connectivity index (χ4n) is 2.33. The van der Waals surface area contributed by atoms with Crippen LogP contribution in [0.5, 0.6) is 5.75 Å². The molecule has 2 aromatic carbocycles. The summed E-state index contributed by atoms with van der Waals surface area (Å²) < 4.78 is 13.7. The van der Waals surface area contributed by atoms with E-state index in [1.54, 1.807) is 18.2 Å². The number of hydrogen-bond donors (Lipinski definition) is 2. The van der Waals surface area contributed by atoms with Gasteiger partial charge < -0.3 is 14.3 Å². The number of aliphatic carboxylic acids is 1. The second-order valence-corrected chi connectivity index (χ2v) is 9.40. The SMILES string of the molecule is O=C(O)COc1c(Br)cc(/C=N\NC(=O)c2cc3cc(Br)cc(I)c3o2)cc1Br. The Morgan fingerprint density at radius 1 is 1.17 bits per heavy atom. The number of carbonyl (C=O) groups excluding carboxylic acids is 1. The molecule has 0 saturated heterocycles. The smallest absolute Gasteiger partial charge is 0.341 e. The average molecular weight is 701 g/mol. The zero-order valence-electron chi connectivity index (χ0n) is 14.2. The number of carboxylic acid groups (broad SMARTS) is 1. The van der Waals surface area contributed by atoms with Crippen molar-refractivity contribution in [2.45, 2.75) is 0 Å². The van der Waals surface area contributed by atoms with Gasteiger partial charge in [-0.25, -0.2) is 10.2 Å². The van der Waals surface area contributed by atoms with Gasteiger partial charge in [0.2, 0.25) is 0 Å². The molecule has 3 rings (SSSR count). The van der Waals surface area contributed by atoms with Crippen LogP contribution in [0, 0.1) is 3.57 Å². The van der Waals surface area contributed by atoms with E-state index in [2.05, 4.69) is 80.9 Å². The van der Waals surface area contributed by atoms with Gasteiger partial charge in [0.25, 0.3) is 0 Å². The molecule has 11 heteroatoms. The Balaban J connectivity index is 1.72. The number of halogens is 4. The summed E-state index contributed by atoms with van der Waals surface area (Å²) >= 11 is 12.2. The first-order valence-corrected chi connectivity index (χ1v) is 11.3. The van der Waals surface area contributed by atoms with Crippen molar-refractivity contribution in [3.63, 3.8) is 0 Å². The number of rotatable bonds is 6. The minimum atomic E-state index is -1.08. The van der Waals surface area contributed by atoms with Crippen LogP contribution in [0.2, 0.25) is 0 Å². The Labute approximate surface area is 203 Å². The maximum Gasteiger partial charge on any atom is 0.341 e. The number of ether oxygens (including phenoxy) is 1. The first-order valence-electron chi connectivity index (χ1n) is 7.80. The van der Waals surface area contributed by atoms with Crippen molar-refractivity contribution in [2.75, 3.05) is 6.61 Å². The summed E-state index contributed by atoms with van der Waals surface area (Å²) in [6.45, 7) is -0.465. The molecule has 0 aliphatic heterocycles. The van der Waals surface area contributed by atoms with Crippen LogP contribution in [0.25, 0.3) is 11.0 Å². The van der Waals surface area contributed by atoms with E-state index in [0.717, 1.165) is 13.4 Å². The van der Waals surface area contributed by atoms with Gasteiger partial charge in [0.15, 0.2) is 12.4 Å². The van der Waals surface area contributed by atoms with Crippen LogP contribution in [0.4, 0.5) is 0 Å². The van der Waals surface area contributed by atoms with Gasteiger partial charge in [0.1, 0.15) is 11.3 Å². The molecule has 0 aliphatic carbocycles. The molecule has 2 N–H and O–H groups in total. The molecule has 3 aromatic rings. The topological polar surface area (TPSA) is 101 Å². The van der Waals surface area contributed by atoms with Crippen molar-refractivity contribution in [3.05, 3.63) is 58.6 Å². The fourth-order valence-corrected chi connectivity index (χ4v) is 5.45. The van der Waals surface area contributed by atoms with Gasteiger partial charge in [-0.1, -0.05) is 15.9 Å². The molecule has 0 fully saturated rings. The van der Waals surface area contributed by atoms with E-state index in [-0.39, 0.29) is 5.76 Å². The molecule has 1 amide bonds. The van der Waals surface area contributed by atoms with E-state index in [1.165, 1.54) is 6.21 Å². The molecule has 150 valence electrons. The largest absolute Gasteiger partial charge is 0.480 e. The molecule has 0 saturated carbocycles. The molecule has 0 unspecified atom stereocenters. The molecular formula is C18H10Br3IN2O5. The van der Waals surface area contributed by atoms with Crippen LogP contribution < -0.4 is 10.2 Å². The summed E-state index contributed by atoms with van der Waals surface area (Å²) in [6.07, 6.45) is 1.44. The third-order valence-corrected chi connectivity index (χ3v) is 5.94. The number of amides is 1. The number of benzene rings is 2. The summed E-state index contributed by atoms with van der Waals surface area (Å²) in [5, 5.41) is 13.5. The normalized spacial score (nSPS) is 11.2. The Hall–Kier alpha value is -1.44. The van der Waals surface area contributed by atoms with Gasteiger partial charge in [-0.2, -0.15) is 5.10 Å². The van der Waals surface area contributed by atoms with Crippen molar-refractivity contribution in [2.24, 2.45) is 5.10 Å². The van der Waals surface area contributed by atoms with Crippen molar-refractivity contribution in [3.8, 4) is 5.75 Å². The van der Waals surface area contributed by atoms with Gasteiger partial charge in [0, 0.05) is 9.86 Å². The highest BCUT2D eigenvalue weighted by atomic mass is 127. The number of carbonyl (C=O) groups is 2. The molecule has 1 aromatic heterocycles. The van der Waals surface area contributed by atoms with Crippen molar-refractivity contribution in [1.29, 1.82) is 0 Å². The molecule has 0 bridgehead atoms. The molecule has 0 aliphatic rings. The van der Waals surface area contributed by atoms with Crippen LogP contribution in [-0.4, -0.2) is 29.8 Å². The van der Waals surface area contributed by atoms with Crippen LogP contribution in [0.15, 0.2) is 53.3 Å². The second-order valence-electron chi connectivity index (χ2n) is 5.61. The quantitative estimate of drug-likeness (QED) is 0.200. The Bertz CT molecular complexity index is 1120. The maximum absolute atomic E-state index is 12.3. The molecular weight excluding hydrogens is 691 g/mol. The lowest BCUT2D eigenvalue weighted by atomic mass is 10.2. The molecule has 29 heavy (non-hydrogen) atoms. The van der Waals surface area contributed by atoms with Crippen molar-refractivity contribution >= 4 is 99.4 Å². The van der Waals surface area contributed by atoms with Gasteiger partial charge >= 0.3 is 11.9 Å². The summed E-state index contributed by atoms with van der Waals surface area (Å²) in [4.78, 5) is 23.0.